The van der Waals surface area contributed by atoms with Gasteiger partial charge in [-0.2, -0.15) is 5.10 Å². The Morgan fingerprint density at radius 1 is 1.17 bits per heavy atom. The molecular formula is C38H51N7O7S. The van der Waals surface area contributed by atoms with Crippen LogP contribution >= 0.6 is 0 Å². The first-order valence-electron chi connectivity index (χ1n) is 18.4. The summed E-state index contributed by atoms with van der Waals surface area (Å²) in [5.74, 6) is -0.148. The maximum atomic E-state index is 14.1. The number of nitrogens with zero attached hydrogens (tertiary/aromatic N) is 4. The zero-order chi connectivity index (χ0) is 38.1. The van der Waals surface area contributed by atoms with E-state index >= 15 is 0 Å². The van der Waals surface area contributed by atoms with Crippen molar-refractivity contribution in [1.82, 2.24) is 35.0 Å². The van der Waals surface area contributed by atoms with E-state index in [4.69, 9.17) is 14.5 Å². The third kappa shape index (κ3) is 8.14. The van der Waals surface area contributed by atoms with Crippen molar-refractivity contribution in [1.29, 1.82) is 0 Å². The minimum absolute atomic E-state index is 0.0214. The third-order valence-corrected chi connectivity index (χ3v) is 12.7. The SMILES string of the molecule is COc1ccc2c(OCC[C@@H]3NC(=O)N(C)CCCC/C=C\[C@@H]4C[C@@]4(C(=O)NS(=O)(=O)C4(C)CC4)NC3=O)cc(-c3cnn(CC(C)C)c3)nc2c1C. The molecule has 15 heteroatoms. The van der Waals surface area contributed by atoms with Crippen molar-refractivity contribution in [3.63, 3.8) is 0 Å². The van der Waals surface area contributed by atoms with E-state index in [-0.39, 0.29) is 19.4 Å². The number of hydrogen-bond acceptors (Lipinski definition) is 9. The van der Waals surface area contributed by atoms with Crippen molar-refractivity contribution in [3.8, 4) is 22.8 Å². The smallest absolute Gasteiger partial charge is 0.317 e. The number of carbonyl (C=O) groups excluding carboxylic acids is 3. The first-order valence-corrected chi connectivity index (χ1v) is 19.9. The number of rotatable bonds is 11. The van der Waals surface area contributed by atoms with Gasteiger partial charge >= 0.3 is 6.03 Å². The van der Waals surface area contributed by atoms with Gasteiger partial charge in [-0.25, -0.2) is 18.2 Å². The lowest BCUT2D eigenvalue weighted by Gasteiger charge is -2.26. The first kappa shape index (κ1) is 38.1. The van der Waals surface area contributed by atoms with Gasteiger partial charge in [-0.05, 0) is 70.4 Å². The summed E-state index contributed by atoms with van der Waals surface area (Å²) in [7, 11) is -0.668. The third-order valence-electron chi connectivity index (χ3n) is 10.6. The molecule has 6 rings (SSSR count). The molecule has 3 N–H and O–H groups in total. The number of carbonyl (C=O) groups is 3. The minimum Gasteiger partial charge on any atom is -0.496 e. The molecule has 0 radical (unpaired) electrons. The predicted octanol–water partition coefficient (Wildman–Crippen LogP) is 4.46. The summed E-state index contributed by atoms with van der Waals surface area (Å²) in [4.78, 5) is 47.5. The quantitative estimate of drug-likeness (QED) is 0.239. The van der Waals surface area contributed by atoms with Crippen LogP contribution in [0.5, 0.6) is 11.5 Å². The number of fused-ring (bicyclic) bond motifs is 2. The molecule has 2 aromatic heterocycles. The van der Waals surface area contributed by atoms with Crippen molar-refractivity contribution in [2.75, 3.05) is 27.3 Å². The average Bonchev–Trinajstić information content (AvgIpc) is 3.98. The summed E-state index contributed by atoms with van der Waals surface area (Å²) in [5, 5.41) is 11.0. The second-order valence-corrected chi connectivity index (χ2v) is 17.5. The summed E-state index contributed by atoms with van der Waals surface area (Å²) in [5.41, 5.74) is 1.53. The minimum atomic E-state index is -3.94. The topological polar surface area (TPSA) is 174 Å². The van der Waals surface area contributed by atoms with Crippen molar-refractivity contribution in [2.24, 2.45) is 11.8 Å². The number of nitrogens with one attached hydrogen (secondary N) is 3. The fourth-order valence-electron chi connectivity index (χ4n) is 6.70. The van der Waals surface area contributed by atoms with Crippen molar-refractivity contribution in [2.45, 2.75) is 95.5 Å². The molecule has 53 heavy (non-hydrogen) atoms. The number of allylic oxidation sites excluding steroid dienone is 1. The highest BCUT2D eigenvalue weighted by atomic mass is 32.2. The molecule has 2 saturated carbocycles. The average molecular weight is 750 g/mol. The van der Waals surface area contributed by atoms with Crippen LogP contribution in [0.1, 0.15) is 71.3 Å². The zero-order valence-electron chi connectivity index (χ0n) is 31.4. The summed E-state index contributed by atoms with van der Waals surface area (Å²) in [6, 6.07) is 4.03. The van der Waals surface area contributed by atoms with Gasteiger partial charge in [0.15, 0.2) is 0 Å². The number of ether oxygens (including phenoxy) is 2. The van der Waals surface area contributed by atoms with Crippen LogP contribution in [0.2, 0.25) is 0 Å². The van der Waals surface area contributed by atoms with Gasteiger partial charge in [-0.15, -0.1) is 0 Å². The molecule has 14 nitrogen and oxygen atoms in total. The monoisotopic (exact) mass is 749 g/mol. The fourth-order valence-corrected chi connectivity index (χ4v) is 8.01. The fraction of sp³-hybridized carbons (Fsp3) is 0.553. The largest absolute Gasteiger partial charge is 0.496 e. The van der Waals surface area contributed by atoms with Crippen LogP contribution in [0.25, 0.3) is 22.2 Å². The number of pyridine rings is 1. The molecule has 3 heterocycles. The van der Waals surface area contributed by atoms with E-state index in [1.807, 2.05) is 48.2 Å². The highest BCUT2D eigenvalue weighted by molar-refractivity contribution is 7.91. The molecule has 2 aliphatic carbocycles. The molecule has 3 aromatic rings. The number of urea groups is 1. The summed E-state index contributed by atoms with van der Waals surface area (Å²) < 4.78 is 41.2. The van der Waals surface area contributed by atoms with Crippen molar-refractivity contribution < 1.29 is 32.3 Å². The molecule has 286 valence electrons. The van der Waals surface area contributed by atoms with Crippen LogP contribution < -0.4 is 24.8 Å². The molecule has 3 aliphatic rings. The second kappa shape index (κ2) is 15.0. The summed E-state index contributed by atoms with van der Waals surface area (Å²) >= 11 is 0. The maximum Gasteiger partial charge on any atom is 0.317 e. The van der Waals surface area contributed by atoms with Crippen LogP contribution in [0.3, 0.4) is 0 Å². The van der Waals surface area contributed by atoms with E-state index in [0.29, 0.717) is 48.0 Å². The molecule has 0 bridgehead atoms. The van der Waals surface area contributed by atoms with E-state index in [9.17, 15) is 22.8 Å². The molecule has 0 spiro atoms. The van der Waals surface area contributed by atoms with Gasteiger partial charge in [0, 0.05) is 61.3 Å². The van der Waals surface area contributed by atoms with Crippen molar-refractivity contribution in [3.05, 3.63) is 48.3 Å². The lowest BCUT2D eigenvalue weighted by molar-refractivity contribution is -0.130. The molecule has 3 atom stereocenters. The van der Waals surface area contributed by atoms with Gasteiger partial charge < -0.3 is 25.0 Å². The lowest BCUT2D eigenvalue weighted by Crippen LogP contribution is -2.58. The second-order valence-electron chi connectivity index (χ2n) is 15.3. The standard InChI is InChI=1S/C38H51N7O7S/c1-24(2)22-45-23-26(21-39-45)30-19-32(28-12-13-31(51-6)25(3)33(28)40-30)52-18-14-29-34(46)42-38(35(47)43-53(49,50)37(4)15-16-37)20-27(38)11-9-7-8-10-17-44(5)36(48)41-29/h9,11-13,19,21,23-24,27,29H,7-8,10,14-18,20,22H2,1-6H3,(H,41,48)(H,42,46)(H,43,47)/b11-9-/t27-,29+,38-/m1/s1. The maximum absolute atomic E-state index is 14.1. The van der Waals surface area contributed by atoms with Crippen LogP contribution in [0.4, 0.5) is 4.79 Å². The Hall–Kier alpha value is -4.66. The number of aryl methyl sites for hydroxylation is 1. The Morgan fingerprint density at radius 2 is 1.94 bits per heavy atom. The number of benzene rings is 1. The van der Waals surface area contributed by atoms with Gasteiger partial charge in [-0.1, -0.05) is 26.0 Å². The number of hydrogen-bond donors (Lipinski definition) is 3. The lowest BCUT2D eigenvalue weighted by atomic mass is 10.1. The van der Waals surface area contributed by atoms with Gasteiger partial charge in [0.05, 0.1) is 35.9 Å². The van der Waals surface area contributed by atoms with Gasteiger partial charge in [0.2, 0.25) is 15.9 Å². The van der Waals surface area contributed by atoms with E-state index in [1.165, 1.54) is 4.90 Å². The van der Waals surface area contributed by atoms with Crippen LogP contribution in [-0.2, 0) is 26.2 Å². The summed E-state index contributed by atoms with van der Waals surface area (Å²) in [6.45, 7) is 9.05. The van der Waals surface area contributed by atoms with Gasteiger partial charge in [0.25, 0.3) is 5.91 Å². The van der Waals surface area contributed by atoms with Crippen LogP contribution in [-0.4, -0.2) is 89.6 Å². The van der Waals surface area contributed by atoms with Gasteiger partial charge in [0.1, 0.15) is 23.1 Å². The molecule has 0 unspecified atom stereocenters. The van der Waals surface area contributed by atoms with Crippen molar-refractivity contribution >= 4 is 38.8 Å². The Bertz CT molecular complexity index is 2020. The molecule has 2 fully saturated rings. The van der Waals surface area contributed by atoms with E-state index in [0.717, 1.165) is 42.3 Å². The first-order chi connectivity index (χ1) is 25.2. The molecule has 1 aromatic carbocycles. The van der Waals surface area contributed by atoms with Crippen LogP contribution in [0.15, 0.2) is 42.7 Å². The van der Waals surface area contributed by atoms with Gasteiger partial charge in [-0.3, -0.25) is 19.0 Å². The Balaban J connectivity index is 1.27. The number of methoxy groups -OCH3 is 1. The van der Waals surface area contributed by atoms with E-state index < -0.39 is 50.1 Å². The molecule has 1 aliphatic heterocycles. The normalized spacial score (nSPS) is 23.7. The highest BCUT2D eigenvalue weighted by Gasteiger charge is 2.62. The summed E-state index contributed by atoms with van der Waals surface area (Å²) in [6.07, 6.45) is 11.1. The number of sulfonamides is 1. The number of amides is 4. The Morgan fingerprint density at radius 3 is 2.66 bits per heavy atom. The predicted molar refractivity (Wildman–Crippen MR) is 201 cm³/mol. The number of aromatic nitrogens is 3. The Labute approximate surface area is 311 Å². The Kier molecular flexibility index (Phi) is 10.8. The van der Waals surface area contributed by atoms with E-state index in [2.05, 4.69) is 34.3 Å². The molecule has 0 saturated heterocycles. The van der Waals surface area contributed by atoms with E-state index in [1.54, 1.807) is 27.3 Å². The highest BCUT2D eigenvalue weighted by Crippen LogP contribution is 2.47. The zero-order valence-corrected chi connectivity index (χ0v) is 32.2. The van der Waals surface area contributed by atoms with Crippen LogP contribution in [0, 0.1) is 18.8 Å². The molecular weight excluding hydrogens is 699 g/mol. The molecule has 4 amide bonds.